The molecule has 1 saturated carbocycles. The number of hydrogen-bond donors (Lipinski definition) is 2. The predicted octanol–water partition coefficient (Wildman–Crippen LogP) is 2.60. The van der Waals surface area contributed by atoms with Crippen molar-refractivity contribution in [3.05, 3.63) is 41.7 Å². The Morgan fingerprint density at radius 1 is 1.28 bits per heavy atom. The monoisotopic (exact) mass is 359 g/mol. The smallest absolute Gasteiger partial charge is 0.321 e. The van der Waals surface area contributed by atoms with Gasteiger partial charge in [-0.15, -0.1) is 10.2 Å². The maximum atomic E-state index is 12.7. The van der Waals surface area contributed by atoms with E-state index >= 15 is 0 Å². The van der Waals surface area contributed by atoms with Crippen LogP contribution in [0.2, 0.25) is 0 Å². The van der Waals surface area contributed by atoms with E-state index in [2.05, 4.69) is 25.4 Å². The van der Waals surface area contributed by atoms with Gasteiger partial charge in [0.1, 0.15) is 11.1 Å². The fourth-order valence-electron chi connectivity index (χ4n) is 2.57. The van der Waals surface area contributed by atoms with Crippen molar-refractivity contribution >= 4 is 23.7 Å². The van der Waals surface area contributed by atoms with Crippen molar-refractivity contribution in [2.75, 3.05) is 6.54 Å². The van der Waals surface area contributed by atoms with Crippen LogP contribution in [0.15, 0.2) is 35.5 Å². The number of carbonyl (C=O) groups is 2. The molecule has 132 valence electrons. The summed E-state index contributed by atoms with van der Waals surface area (Å²) >= 11 is 1.32. The third kappa shape index (κ3) is 4.19. The Bertz CT molecular complexity index is 758. The van der Waals surface area contributed by atoms with Crippen LogP contribution in [0.25, 0.3) is 0 Å². The summed E-state index contributed by atoms with van der Waals surface area (Å²) in [7, 11) is 0. The highest BCUT2D eigenvalue weighted by Gasteiger charge is 2.32. The van der Waals surface area contributed by atoms with Crippen molar-refractivity contribution in [2.45, 2.75) is 43.1 Å². The van der Waals surface area contributed by atoms with Crippen LogP contribution >= 0.6 is 11.8 Å². The molecule has 3 rings (SSSR count). The van der Waals surface area contributed by atoms with Gasteiger partial charge in [-0.25, -0.2) is 4.79 Å². The van der Waals surface area contributed by atoms with Crippen molar-refractivity contribution in [3.8, 4) is 0 Å². The van der Waals surface area contributed by atoms with Crippen LogP contribution in [-0.2, 0) is 4.79 Å². The molecule has 8 heteroatoms. The number of imide groups is 1. The number of aryl methyl sites for hydroxylation is 1. The predicted molar refractivity (Wildman–Crippen MR) is 95.3 cm³/mol. The van der Waals surface area contributed by atoms with E-state index in [0.717, 1.165) is 24.2 Å². The summed E-state index contributed by atoms with van der Waals surface area (Å²) in [5.41, 5.74) is 0.817. The van der Waals surface area contributed by atoms with E-state index in [0.29, 0.717) is 17.7 Å². The van der Waals surface area contributed by atoms with Crippen molar-refractivity contribution in [1.29, 1.82) is 0 Å². The number of aromatic nitrogens is 3. The molecule has 2 N–H and O–H groups in total. The molecule has 0 radical (unpaired) electrons. The minimum atomic E-state index is -0.579. The van der Waals surface area contributed by atoms with E-state index in [-0.39, 0.29) is 5.91 Å². The molecule has 0 saturated heterocycles. The number of carbonyl (C=O) groups excluding carboxylic acids is 2. The number of hydrogen-bond acceptors (Lipinski definition) is 5. The molecule has 1 aliphatic carbocycles. The minimum Gasteiger partial charge on any atom is -0.338 e. The summed E-state index contributed by atoms with van der Waals surface area (Å²) < 4.78 is 2.08. The Balaban J connectivity index is 1.84. The van der Waals surface area contributed by atoms with E-state index < -0.39 is 11.3 Å². The highest BCUT2D eigenvalue weighted by atomic mass is 32.2. The second-order valence-corrected chi connectivity index (χ2v) is 6.96. The largest absolute Gasteiger partial charge is 0.338 e. The quantitative estimate of drug-likeness (QED) is 0.774. The molecule has 1 atom stereocenters. The Morgan fingerprint density at radius 3 is 2.64 bits per heavy atom. The maximum Gasteiger partial charge on any atom is 0.321 e. The second kappa shape index (κ2) is 7.69. The van der Waals surface area contributed by atoms with Gasteiger partial charge in [0, 0.05) is 12.6 Å². The minimum absolute atomic E-state index is 0.370. The first kappa shape index (κ1) is 17.5. The van der Waals surface area contributed by atoms with Gasteiger partial charge in [-0.2, -0.15) is 0 Å². The van der Waals surface area contributed by atoms with Gasteiger partial charge in [-0.1, -0.05) is 42.1 Å². The molecule has 2 aromatic rings. The Kier molecular flexibility index (Phi) is 5.37. The van der Waals surface area contributed by atoms with Gasteiger partial charge >= 0.3 is 6.03 Å². The SMILES string of the molecule is CCNC(=O)NC(=O)[C@@H](Sc1nnc(C)n1C1CC1)c1ccccc1. The summed E-state index contributed by atoms with van der Waals surface area (Å²) in [6.45, 7) is 4.17. The summed E-state index contributed by atoms with van der Waals surface area (Å²) in [5, 5.41) is 13.5. The third-order valence-corrected chi connectivity index (χ3v) is 5.10. The third-order valence-electron chi connectivity index (χ3n) is 3.88. The lowest BCUT2D eigenvalue weighted by Gasteiger charge is -2.16. The number of urea groups is 1. The van der Waals surface area contributed by atoms with Gasteiger partial charge < -0.3 is 9.88 Å². The first-order valence-corrected chi connectivity index (χ1v) is 9.20. The highest BCUT2D eigenvalue weighted by molar-refractivity contribution is 8.00. The van der Waals surface area contributed by atoms with E-state index in [9.17, 15) is 9.59 Å². The zero-order valence-electron chi connectivity index (χ0n) is 14.2. The van der Waals surface area contributed by atoms with Crippen LogP contribution in [0.1, 0.15) is 42.4 Å². The molecule has 1 aromatic carbocycles. The summed E-state index contributed by atoms with van der Waals surface area (Å²) in [6, 6.07) is 9.32. The average molecular weight is 359 g/mol. The number of nitrogens with zero attached hydrogens (tertiary/aromatic N) is 3. The zero-order chi connectivity index (χ0) is 17.8. The van der Waals surface area contributed by atoms with Crippen molar-refractivity contribution in [1.82, 2.24) is 25.4 Å². The molecule has 1 heterocycles. The molecule has 0 unspecified atom stereocenters. The lowest BCUT2D eigenvalue weighted by atomic mass is 10.1. The molecule has 7 nitrogen and oxygen atoms in total. The molecule has 1 fully saturated rings. The summed E-state index contributed by atoms with van der Waals surface area (Å²) in [4.78, 5) is 24.4. The van der Waals surface area contributed by atoms with Crippen molar-refractivity contribution in [2.24, 2.45) is 0 Å². The summed E-state index contributed by atoms with van der Waals surface area (Å²) in [5.74, 6) is 0.478. The van der Waals surface area contributed by atoms with Crippen molar-refractivity contribution in [3.63, 3.8) is 0 Å². The number of nitrogens with one attached hydrogen (secondary N) is 2. The van der Waals surface area contributed by atoms with E-state index in [4.69, 9.17) is 0 Å². The van der Waals surface area contributed by atoms with Crippen LogP contribution in [-0.4, -0.2) is 33.2 Å². The maximum absolute atomic E-state index is 12.7. The zero-order valence-corrected chi connectivity index (χ0v) is 15.0. The van der Waals surface area contributed by atoms with Crippen molar-refractivity contribution < 1.29 is 9.59 Å². The topological polar surface area (TPSA) is 88.9 Å². The first-order chi connectivity index (χ1) is 12.1. The normalized spacial score (nSPS) is 14.8. The molecule has 25 heavy (non-hydrogen) atoms. The van der Waals surface area contributed by atoms with Crippen LogP contribution < -0.4 is 10.6 Å². The van der Waals surface area contributed by atoms with E-state index in [1.807, 2.05) is 37.3 Å². The van der Waals surface area contributed by atoms with Gasteiger partial charge in [-0.05, 0) is 32.3 Å². The highest BCUT2D eigenvalue weighted by Crippen LogP contribution is 2.42. The second-order valence-electron chi connectivity index (χ2n) is 5.89. The first-order valence-electron chi connectivity index (χ1n) is 8.32. The van der Waals surface area contributed by atoms with Crippen LogP contribution in [0.5, 0.6) is 0 Å². The lowest BCUT2D eigenvalue weighted by molar-refractivity contribution is -0.119. The van der Waals surface area contributed by atoms with Gasteiger partial charge in [-0.3, -0.25) is 10.1 Å². The number of rotatable bonds is 6. The lowest BCUT2D eigenvalue weighted by Crippen LogP contribution is -2.41. The fourth-order valence-corrected chi connectivity index (χ4v) is 3.72. The number of thioether (sulfide) groups is 1. The van der Waals surface area contributed by atoms with Crippen LogP contribution in [0.4, 0.5) is 4.79 Å². The van der Waals surface area contributed by atoms with E-state index in [1.54, 1.807) is 6.92 Å². The summed E-state index contributed by atoms with van der Waals surface area (Å²) in [6.07, 6.45) is 2.21. The Morgan fingerprint density at radius 2 is 2.00 bits per heavy atom. The molecule has 0 bridgehead atoms. The average Bonchev–Trinajstić information content (AvgIpc) is 3.36. The van der Waals surface area contributed by atoms with Gasteiger partial charge in [0.15, 0.2) is 5.16 Å². The van der Waals surface area contributed by atoms with Gasteiger partial charge in [0.05, 0.1) is 0 Å². The van der Waals surface area contributed by atoms with Gasteiger partial charge in [0.2, 0.25) is 5.91 Å². The molecular formula is C17H21N5O2S. The molecule has 0 spiro atoms. The molecule has 1 aliphatic rings. The van der Waals surface area contributed by atoms with E-state index in [1.165, 1.54) is 11.8 Å². The molecule has 3 amide bonds. The fraction of sp³-hybridized carbons (Fsp3) is 0.412. The number of benzene rings is 1. The van der Waals surface area contributed by atoms with Crippen LogP contribution in [0.3, 0.4) is 0 Å². The molecule has 1 aromatic heterocycles. The Labute approximate surface area is 150 Å². The van der Waals surface area contributed by atoms with Crippen LogP contribution in [0, 0.1) is 6.92 Å². The molecule has 0 aliphatic heterocycles. The molecular weight excluding hydrogens is 338 g/mol. The Hall–Kier alpha value is -2.35. The number of amides is 3. The van der Waals surface area contributed by atoms with Gasteiger partial charge in [0.25, 0.3) is 0 Å². The standard InChI is InChI=1S/C17H21N5O2S/c1-3-18-16(24)19-15(23)14(12-7-5-4-6-8-12)25-17-21-20-11(2)22(17)13-9-10-13/h4-8,13-14H,3,9-10H2,1-2H3,(H2,18,19,23,24)/t14-/m0/s1.